The Balaban J connectivity index is 1.70. The largest absolute Gasteiger partial charge is 0.445 e. The van der Waals surface area contributed by atoms with Crippen LogP contribution in [-0.4, -0.2) is 35.3 Å². The lowest BCUT2D eigenvalue weighted by Crippen LogP contribution is -2.58. The minimum absolute atomic E-state index is 0.202. The molecule has 2 unspecified atom stereocenters. The maximum absolute atomic E-state index is 12.4. The molecule has 126 valence electrons. The summed E-state index contributed by atoms with van der Waals surface area (Å²) in [5, 5.41) is 10.9. The molecule has 0 aromatic heterocycles. The van der Waals surface area contributed by atoms with Gasteiger partial charge in [0, 0.05) is 12.1 Å². The molecule has 5 nitrogen and oxygen atoms in total. The highest BCUT2D eigenvalue weighted by molar-refractivity contribution is 5.68. The number of nitrogens with zero attached hydrogens (tertiary/aromatic N) is 1. The van der Waals surface area contributed by atoms with Crippen LogP contribution in [0.2, 0.25) is 0 Å². The van der Waals surface area contributed by atoms with Crippen molar-refractivity contribution in [2.45, 2.75) is 25.4 Å². The molecule has 1 saturated heterocycles. The third-order valence-corrected chi connectivity index (χ3v) is 4.32. The number of hydrogen-bond donors (Lipinski definition) is 1. The number of benzene rings is 2. The fraction of sp³-hybridized carbons (Fsp3) is 0.316. The molecule has 0 aliphatic carbocycles. The first-order valence-electron chi connectivity index (χ1n) is 8.00. The van der Waals surface area contributed by atoms with Crippen molar-refractivity contribution < 1.29 is 19.4 Å². The molecule has 1 aliphatic heterocycles. The Morgan fingerprint density at radius 2 is 1.83 bits per heavy atom. The first-order chi connectivity index (χ1) is 11.6. The molecule has 1 fully saturated rings. The third kappa shape index (κ3) is 3.27. The van der Waals surface area contributed by atoms with E-state index in [1.165, 1.54) is 4.90 Å². The van der Waals surface area contributed by atoms with Crippen molar-refractivity contribution in [3.05, 3.63) is 71.8 Å². The summed E-state index contributed by atoms with van der Waals surface area (Å²) in [6.07, 6.45) is -0.455. The van der Waals surface area contributed by atoms with Crippen LogP contribution in [-0.2, 0) is 21.9 Å². The molecular formula is C19H21NO4. The second-order valence-electron chi connectivity index (χ2n) is 5.82. The molecule has 3 rings (SSSR count). The normalized spacial score (nSPS) is 23.8. The van der Waals surface area contributed by atoms with Crippen molar-refractivity contribution in [3.8, 4) is 0 Å². The van der Waals surface area contributed by atoms with Gasteiger partial charge in [0.1, 0.15) is 6.61 Å². The van der Waals surface area contributed by atoms with E-state index in [1.54, 1.807) is 19.1 Å². The van der Waals surface area contributed by atoms with Crippen molar-refractivity contribution in [1.82, 2.24) is 4.90 Å². The molecule has 2 atom stereocenters. The Bertz CT molecular complexity index is 676. The smallest absolute Gasteiger partial charge is 0.410 e. The first kappa shape index (κ1) is 16.5. The summed E-state index contributed by atoms with van der Waals surface area (Å²) in [5.41, 5.74) is 1.54. The minimum atomic E-state index is -1.54. The zero-order valence-electron chi connectivity index (χ0n) is 13.6. The van der Waals surface area contributed by atoms with Gasteiger partial charge < -0.3 is 14.6 Å². The molecule has 0 spiro atoms. The van der Waals surface area contributed by atoms with Gasteiger partial charge in [0.25, 0.3) is 0 Å². The lowest BCUT2D eigenvalue weighted by atomic mass is 9.96. The number of amides is 1. The van der Waals surface area contributed by atoms with Crippen LogP contribution in [0.5, 0.6) is 0 Å². The second kappa shape index (κ2) is 7.03. The number of hydrogen-bond acceptors (Lipinski definition) is 4. The Morgan fingerprint density at radius 1 is 1.21 bits per heavy atom. The summed E-state index contributed by atoms with van der Waals surface area (Å²) in [5.74, 6) is -1.54. The highest BCUT2D eigenvalue weighted by Crippen LogP contribution is 2.33. The van der Waals surface area contributed by atoms with Gasteiger partial charge in [-0.25, -0.2) is 4.79 Å². The second-order valence-corrected chi connectivity index (χ2v) is 5.82. The molecule has 0 radical (unpaired) electrons. The lowest BCUT2D eigenvalue weighted by Gasteiger charge is -2.44. The van der Waals surface area contributed by atoms with E-state index >= 15 is 0 Å². The van der Waals surface area contributed by atoms with Gasteiger partial charge in [0.15, 0.2) is 0 Å². The summed E-state index contributed by atoms with van der Waals surface area (Å²) in [4.78, 5) is 14.0. The summed E-state index contributed by atoms with van der Waals surface area (Å²) in [6, 6.07) is 18.0. The van der Waals surface area contributed by atoms with Gasteiger partial charge in [-0.15, -0.1) is 0 Å². The maximum Gasteiger partial charge on any atom is 0.410 e. The van der Waals surface area contributed by atoms with Crippen molar-refractivity contribution in [3.63, 3.8) is 0 Å². The molecule has 1 heterocycles. The van der Waals surface area contributed by atoms with Gasteiger partial charge in [-0.3, -0.25) is 4.90 Å². The molecule has 0 saturated carbocycles. The van der Waals surface area contributed by atoms with Crippen LogP contribution < -0.4 is 0 Å². The molecule has 2 aromatic rings. The average molecular weight is 327 g/mol. The highest BCUT2D eigenvalue weighted by atomic mass is 16.6. The Morgan fingerprint density at radius 3 is 2.50 bits per heavy atom. The van der Waals surface area contributed by atoms with Crippen molar-refractivity contribution in [2.24, 2.45) is 0 Å². The summed E-state index contributed by atoms with van der Waals surface area (Å²) in [7, 11) is 0. The summed E-state index contributed by atoms with van der Waals surface area (Å²) in [6.45, 7) is 2.59. The maximum atomic E-state index is 12.4. The molecule has 24 heavy (non-hydrogen) atoms. The molecule has 1 N–H and O–H groups in total. The SMILES string of the molecule is CC1N(C(=O)OCc2ccccc2)CCOC1(O)c1ccccc1. The van der Waals surface area contributed by atoms with Crippen LogP contribution in [0.15, 0.2) is 60.7 Å². The van der Waals surface area contributed by atoms with Crippen LogP contribution in [0.1, 0.15) is 18.1 Å². The predicted octanol–water partition coefficient (Wildman–Crippen LogP) is 2.89. The zero-order chi connectivity index (χ0) is 17.0. The molecular weight excluding hydrogens is 306 g/mol. The van der Waals surface area contributed by atoms with Crippen LogP contribution in [0.3, 0.4) is 0 Å². The van der Waals surface area contributed by atoms with Crippen LogP contribution in [0.25, 0.3) is 0 Å². The van der Waals surface area contributed by atoms with Crippen LogP contribution in [0.4, 0.5) is 4.79 Å². The molecule has 5 heteroatoms. The van der Waals surface area contributed by atoms with E-state index in [4.69, 9.17) is 9.47 Å². The fourth-order valence-corrected chi connectivity index (χ4v) is 2.88. The van der Waals surface area contributed by atoms with Crippen molar-refractivity contribution in [1.29, 1.82) is 0 Å². The van der Waals surface area contributed by atoms with E-state index in [0.717, 1.165) is 5.56 Å². The Hall–Kier alpha value is -2.37. The van der Waals surface area contributed by atoms with Gasteiger partial charge in [0.05, 0.1) is 12.6 Å². The number of carbonyl (C=O) groups excluding carboxylic acids is 1. The predicted molar refractivity (Wildman–Crippen MR) is 89.1 cm³/mol. The minimum Gasteiger partial charge on any atom is -0.445 e. The van der Waals surface area contributed by atoms with Gasteiger partial charge in [-0.2, -0.15) is 0 Å². The lowest BCUT2D eigenvalue weighted by molar-refractivity contribution is -0.269. The number of ether oxygens (including phenoxy) is 2. The molecule has 1 aliphatic rings. The van der Waals surface area contributed by atoms with E-state index in [1.807, 2.05) is 48.5 Å². The topological polar surface area (TPSA) is 59.0 Å². The fourth-order valence-electron chi connectivity index (χ4n) is 2.88. The Kier molecular flexibility index (Phi) is 4.83. The van der Waals surface area contributed by atoms with Crippen LogP contribution >= 0.6 is 0 Å². The average Bonchev–Trinajstić information content (AvgIpc) is 2.63. The highest BCUT2D eigenvalue weighted by Gasteiger charge is 2.45. The van der Waals surface area contributed by atoms with Crippen LogP contribution in [0, 0.1) is 0 Å². The van der Waals surface area contributed by atoms with E-state index < -0.39 is 17.9 Å². The van der Waals surface area contributed by atoms with E-state index in [2.05, 4.69) is 0 Å². The van der Waals surface area contributed by atoms with Crippen molar-refractivity contribution in [2.75, 3.05) is 13.2 Å². The van der Waals surface area contributed by atoms with Gasteiger partial charge in [-0.05, 0) is 12.5 Å². The number of rotatable bonds is 3. The molecule has 0 bridgehead atoms. The zero-order valence-corrected chi connectivity index (χ0v) is 13.6. The monoisotopic (exact) mass is 327 g/mol. The third-order valence-electron chi connectivity index (χ3n) is 4.32. The number of carbonyl (C=O) groups is 1. The number of morpholine rings is 1. The van der Waals surface area contributed by atoms with Crippen molar-refractivity contribution >= 4 is 6.09 Å². The van der Waals surface area contributed by atoms with E-state index in [0.29, 0.717) is 12.1 Å². The summed E-state index contributed by atoms with van der Waals surface area (Å²) >= 11 is 0. The van der Waals surface area contributed by atoms with Gasteiger partial charge in [0.2, 0.25) is 5.79 Å². The van der Waals surface area contributed by atoms with E-state index in [9.17, 15) is 9.90 Å². The molecule has 1 amide bonds. The summed E-state index contributed by atoms with van der Waals surface area (Å²) < 4.78 is 11.0. The quantitative estimate of drug-likeness (QED) is 0.942. The number of aliphatic hydroxyl groups is 1. The van der Waals surface area contributed by atoms with E-state index in [-0.39, 0.29) is 13.2 Å². The van der Waals surface area contributed by atoms with Gasteiger partial charge >= 0.3 is 6.09 Å². The molecule has 2 aromatic carbocycles. The Labute approximate surface area is 141 Å². The first-order valence-corrected chi connectivity index (χ1v) is 8.00. The van der Waals surface area contributed by atoms with Gasteiger partial charge in [-0.1, -0.05) is 60.7 Å². The standard InChI is InChI=1S/C19H21NO4/c1-15-19(22,17-10-6-3-7-11-17)24-13-12-20(15)18(21)23-14-16-8-4-2-5-9-16/h2-11,15,22H,12-14H2,1H3.